The second-order valence-corrected chi connectivity index (χ2v) is 5.28. The van der Waals surface area contributed by atoms with Crippen molar-refractivity contribution in [2.24, 2.45) is 0 Å². The number of Topliss-reactive ketones (excluding diaryl/α,β-unsaturated/α-hetero) is 1. The van der Waals surface area contributed by atoms with E-state index in [9.17, 15) is 9.18 Å². The first-order valence-corrected chi connectivity index (χ1v) is 7.28. The minimum absolute atomic E-state index is 0.145. The third-order valence-corrected chi connectivity index (χ3v) is 3.51. The number of carbonyl (C=O) groups excluding carboxylic acids is 1. The van der Waals surface area contributed by atoms with E-state index in [0.717, 1.165) is 17.2 Å². The predicted octanol–water partition coefficient (Wildman–Crippen LogP) is 2.68. The normalized spacial score (nSPS) is 10.6. The molecule has 0 saturated heterocycles. The number of rotatable bonds is 5. The lowest BCUT2D eigenvalue weighted by Gasteiger charge is -2.06. The fourth-order valence-corrected chi connectivity index (χ4v) is 2.24. The zero-order chi connectivity index (χ0) is 17.1. The first kappa shape index (κ1) is 15.8. The van der Waals surface area contributed by atoms with Crippen molar-refractivity contribution in [2.75, 3.05) is 7.11 Å². The maximum atomic E-state index is 13.4. The molecule has 1 heterocycles. The highest BCUT2D eigenvalue weighted by Gasteiger charge is 2.16. The van der Waals surface area contributed by atoms with E-state index in [1.54, 1.807) is 0 Å². The fraction of sp³-hybridized carbons (Fsp3) is 0.176. The standard InChI is InChI=1S/C17H15FN4O2/c1-11-3-5-12(6-4-11)17-19-21-22(20-17)10-15(23)14-9-13(18)7-8-16(14)24-2/h3-9H,10H2,1-2H3. The van der Waals surface area contributed by atoms with E-state index in [1.165, 1.54) is 24.0 Å². The SMILES string of the molecule is COc1ccc(F)cc1C(=O)Cn1nnc(-c2ccc(C)cc2)n1. The van der Waals surface area contributed by atoms with Gasteiger partial charge in [0.25, 0.3) is 0 Å². The molecule has 1 aromatic heterocycles. The van der Waals surface area contributed by atoms with Crippen LogP contribution >= 0.6 is 0 Å². The van der Waals surface area contributed by atoms with Crippen LogP contribution in [0.15, 0.2) is 42.5 Å². The Morgan fingerprint density at radius 3 is 2.67 bits per heavy atom. The summed E-state index contributed by atoms with van der Waals surface area (Å²) in [7, 11) is 1.42. The van der Waals surface area contributed by atoms with Crippen LogP contribution in [0.2, 0.25) is 0 Å². The zero-order valence-electron chi connectivity index (χ0n) is 13.2. The lowest BCUT2D eigenvalue weighted by molar-refractivity contribution is 0.0958. The van der Waals surface area contributed by atoms with Gasteiger partial charge in [-0.1, -0.05) is 29.8 Å². The summed E-state index contributed by atoms with van der Waals surface area (Å²) in [6.45, 7) is 1.83. The molecule has 0 fully saturated rings. The van der Waals surface area contributed by atoms with Gasteiger partial charge in [0.1, 0.15) is 18.1 Å². The molecule has 0 bridgehead atoms. The third-order valence-electron chi connectivity index (χ3n) is 3.51. The van der Waals surface area contributed by atoms with Gasteiger partial charge in [0.05, 0.1) is 12.7 Å². The molecule has 3 rings (SSSR count). The smallest absolute Gasteiger partial charge is 0.204 e. The third kappa shape index (κ3) is 3.29. The largest absolute Gasteiger partial charge is 0.496 e. The van der Waals surface area contributed by atoms with Crippen molar-refractivity contribution in [3.05, 3.63) is 59.4 Å². The average molecular weight is 326 g/mol. The summed E-state index contributed by atoms with van der Waals surface area (Å²) in [6.07, 6.45) is 0. The van der Waals surface area contributed by atoms with Crippen molar-refractivity contribution in [2.45, 2.75) is 13.5 Å². The number of methoxy groups -OCH3 is 1. The van der Waals surface area contributed by atoms with Crippen molar-refractivity contribution in [1.82, 2.24) is 20.2 Å². The van der Waals surface area contributed by atoms with Crippen LogP contribution in [0.3, 0.4) is 0 Å². The molecule has 0 aliphatic heterocycles. The number of benzene rings is 2. The van der Waals surface area contributed by atoms with E-state index in [-0.39, 0.29) is 17.9 Å². The monoisotopic (exact) mass is 326 g/mol. The van der Waals surface area contributed by atoms with Gasteiger partial charge in [-0.05, 0) is 30.3 Å². The van der Waals surface area contributed by atoms with E-state index < -0.39 is 5.82 Å². The molecule has 0 spiro atoms. The molecule has 122 valence electrons. The molecular weight excluding hydrogens is 311 g/mol. The van der Waals surface area contributed by atoms with Gasteiger partial charge in [-0.15, -0.1) is 10.2 Å². The number of hydrogen-bond donors (Lipinski definition) is 0. The Bertz CT molecular complexity index is 875. The van der Waals surface area contributed by atoms with Crippen LogP contribution < -0.4 is 4.74 Å². The molecule has 0 atom stereocenters. The maximum absolute atomic E-state index is 13.4. The number of ketones is 1. The highest BCUT2D eigenvalue weighted by molar-refractivity contribution is 5.98. The van der Waals surface area contributed by atoms with Gasteiger partial charge in [-0.2, -0.15) is 4.80 Å². The molecule has 0 unspecified atom stereocenters. The predicted molar refractivity (Wildman–Crippen MR) is 85.3 cm³/mol. The van der Waals surface area contributed by atoms with E-state index in [2.05, 4.69) is 15.4 Å². The van der Waals surface area contributed by atoms with Crippen LogP contribution in [-0.2, 0) is 6.54 Å². The number of aromatic nitrogens is 4. The molecule has 0 radical (unpaired) electrons. The van der Waals surface area contributed by atoms with Crippen molar-refractivity contribution in [1.29, 1.82) is 0 Å². The number of ether oxygens (including phenoxy) is 1. The summed E-state index contributed by atoms with van der Waals surface area (Å²) in [5.41, 5.74) is 2.08. The Hall–Kier alpha value is -3.09. The van der Waals surface area contributed by atoms with Crippen molar-refractivity contribution >= 4 is 5.78 Å². The van der Waals surface area contributed by atoms with Crippen LogP contribution in [0.1, 0.15) is 15.9 Å². The topological polar surface area (TPSA) is 69.9 Å². The number of hydrogen-bond acceptors (Lipinski definition) is 5. The molecule has 3 aromatic rings. The second kappa shape index (κ2) is 6.57. The Morgan fingerprint density at radius 1 is 1.21 bits per heavy atom. The van der Waals surface area contributed by atoms with Crippen molar-refractivity contribution in [3.63, 3.8) is 0 Å². The highest BCUT2D eigenvalue weighted by Crippen LogP contribution is 2.20. The zero-order valence-corrected chi connectivity index (χ0v) is 13.2. The van der Waals surface area contributed by atoms with Crippen molar-refractivity contribution in [3.8, 4) is 17.1 Å². The summed E-state index contributed by atoms with van der Waals surface area (Å²) in [6, 6.07) is 11.4. The summed E-state index contributed by atoms with van der Waals surface area (Å²) < 4.78 is 18.5. The lowest BCUT2D eigenvalue weighted by atomic mass is 10.1. The van der Waals surface area contributed by atoms with Crippen LogP contribution in [0.5, 0.6) is 5.75 Å². The van der Waals surface area contributed by atoms with Crippen LogP contribution in [0.25, 0.3) is 11.4 Å². The highest BCUT2D eigenvalue weighted by atomic mass is 19.1. The number of tetrazole rings is 1. The van der Waals surface area contributed by atoms with Gasteiger partial charge in [0.15, 0.2) is 5.78 Å². The van der Waals surface area contributed by atoms with Crippen LogP contribution in [-0.4, -0.2) is 33.1 Å². The average Bonchev–Trinajstić information content (AvgIpc) is 3.04. The number of carbonyl (C=O) groups is 1. The first-order chi connectivity index (χ1) is 11.6. The van der Waals surface area contributed by atoms with Gasteiger partial charge in [0.2, 0.25) is 5.82 Å². The Balaban J connectivity index is 1.81. The van der Waals surface area contributed by atoms with Gasteiger partial charge >= 0.3 is 0 Å². The first-order valence-electron chi connectivity index (χ1n) is 7.28. The molecule has 0 aliphatic carbocycles. The molecule has 0 N–H and O–H groups in total. The summed E-state index contributed by atoms with van der Waals surface area (Å²) in [5, 5.41) is 12.0. The maximum Gasteiger partial charge on any atom is 0.204 e. The molecule has 2 aromatic carbocycles. The summed E-state index contributed by atoms with van der Waals surface area (Å²) in [5.74, 6) is -0.139. The molecule has 0 amide bonds. The number of halogens is 1. The van der Waals surface area contributed by atoms with Crippen LogP contribution in [0.4, 0.5) is 4.39 Å². The molecule has 0 aliphatic rings. The van der Waals surface area contributed by atoms with Gasteiger partial charge < -0.3 is 4.74 Å². The second-order valence-electron chi connectivity index (χ2n) is 5.28. The molecule has 6 nitrogen and oxygen atoms in total. The number of nitrogens with zero attached hydrogens (tertiary/aromatic N) is 4. The van der Waals surface area contributed by atoms with E-state index >= 15 is 0 Å². The summed E-state index contributed by atoms with van der Waals surface area (Å²) >= 11 is 0. The van der Waals surface area contributed by atoms with E-state index in [1.807, 2.05) is 31.2 Å². The lowest BCUT2D eigenvalue weighted by Crippen LogP contribution is -2.14. The molecule has 0 saturated carbocycles. The Kier molecular flexibility index (Phi) is 4.33. The molecule has 24 heavy (non-hydrogen) atoms. The molecule has 7 heteroatoms. The van der Waals surface area contributed by atoms with Gasteiger partial charge in [-0.3, -0.25) is 4.79 Å². The van der Waals surface area contributed by atoms with E-state index in [0.29, 0.717) is 11.6 Å². The van der Waals surface area contributed by atoms with E-state index in [4.69, 9.17) is 4.74 Å². The number of aryl methyl sites for hydroxylation is 1. The van der Waals surface area contributed by atoms with Gasteiger partial charge in [-0.25, -0.2) is 4.39 Å². The van der Waals surface area contributed by atoms with Crippen molar-refractivity contribution < 1.29 is 13.9 Å². The Morgan fingerprint density at radius 2 is 1.96 bits per heavy atom. The molecular formula is C17H15FN4O2. The summed E-state index contributed by atoms with van der Waals surface area (Å²) in [4.78, 5) is 13.5. The van der Waals surface area contributed by atoms with Crippen LogP contribution in [0, 0.1) is 12.7 Å². The minimum Gasteiger partial charge on any atom is -0.496 e. The van der Waals surface area contributed by atoms with Gasteiger partial charge in [0, 0.05) is 5.56 Å². The minimum atomic E-state index is -0.508. The fourth-order valence-electron chi connectivity index (χ4n) is 2.24. The Labute approximate surface area is 137 Å². The quantitative estimate of drug-likeness (QED) is 0.674.